The number of aromatic nitrogens is 2. The number of carbonyl (C=O) groups excluding carboxylic acids is 1. The van der Waals surface area contributed by atoms with Gasteiger partial charge in [-0.05, 0) is 26.0 Å². The topological polar surface area (TPSA) is 34.9 Å². The average Bonchev–Trinajstić information content (AvgIpc) is 2.54. The quantitative estimate of drug-likeness (QED) is 0.765. The maximum absolute atomic E-state index is 11.1. The van der Waals surface area contributed by atoms with Gasteiger partial charge in [-0.25, -0.2) is 0 Å². The monoisotopic (exact) mass is 248 g/mol. The van der Waals surface area contributed by atoms with Crippen LogP contribution in [0.4, 0.5) is 0 Å². The van der Waals surface area contributed by atoms with Crippen molar-refractivity contribution in [2.24, 2.45) is 7.05 Å². The Morgan fingerprint density at radius 1 is 1.24 bits per heavy atom. The summed E-state index contributed by atoms with van der Waals surface area (Å²) in [6.07, 6.45) is 0.752. The van der Waals surface area contributed by atoms with E-state index in [1.165, 1.54) is 4.68 Å². The van der Waals surface area contributed by atoms with Gasteiger partial charge >= 0.3 is 0 Å². The Kier molecular flexibility index (Phi) is 3.03. The van der Waals surface area contributed by atoms with Crippen molar-refractivity contribution in [2.75, 3.05) is 0 Å². The third-order valence-corrected chi connectivity index (χ3v) is 3.07. The van der Waals surface area contributed by atoms with Crippen molar-refractivity contribution in [3.8, 4) is 11.3 Å². The molecule has 0 radical (unpaired) electrons. The highest BCUT2D eigenvalue weighted by Gasteiger charge is 2.15. The maximum Gasteiger partial charge on any atom is 0.155 e. The zero-order valence-corrected chi connectivity index (χ0v) is 10.7. The number of carbonyl (C=O) groups is 1. The number of halogens is 1. The number of aryl methyl sites for hydroxylation is 3. The molecule has 0 N–H and O–H groups in total. The van der Waals surface area contributed by atoms with Crippen molar-refractivity contribution >= 4 is 17.9 Å². The molecular formula is C13H13ClN2O. The van der Waals surface area contributed by atoms with Crippen LogP contribution in [0.2, 0.25) is 5.15 Å². The van der Waals surface area contributed by atoms with Crippen molar-refractivity contribution in [3.63, 3.8) is 0 Å². The van der Waals surface area contributed by atoms with Gasteiger partial charge in [0, 0.05) is 12.6 Å². The molecule has 0 aliphatic rings. The molecule has 0 aliphatic carbocycles. The van der Waals surface area contributed by atoms with Gasteiger partial charge in [0.05, 0.1) is 5.56 Å². The van der Waals surface area contributed by atoms with E-state index < -0.39 is 0 Å². The van der Waals surface area contributed by atoms with Gasteiger partial charge < -0.3 is 0 Å². The predicted molar refractivity (Wildman–Crippen MR) is 68.5 cm³/mol. The summed E-state index contributed by atoms with van der Waals surface area (Å²) in [5.74, 6) is 0. The summed E-state index contributed by atoms with van der Waals surface area (Å²) >= 11 is 6.01. The second-order valence-electron chi connectivity index (χ2n) is 4.17. The lowest BCUT2D eigenvalue weighted by Crippen LogP contribution is -1.90. The van der Waals surface area contributed by atoms with Gasteiger partial charge in [0.1, 0.15) is 10.8 Å². The number of benzene rings is 1. The average molecular weight is 249 g/mol. The predicted octanol–water partition coefficient (Wildman–Crippen LogP) is 3.17. The standard InChI is InChI=1S/C13H13ClN2O/c1-8-4-9(2)6-10(5-8)12-11(7-17)13(14)16(3)15-12/h4-7H,1-3H3. The first kappa shape index (κ1) is 11.9. The number of hydrogen-bond donors (Lipinski definition) is 0. The highest BCUT2D eigenvalue weighted by atomic mass is 35.5. The van der Waals surface area contributed by atoms with E-state index in [4.69, 9.17) is 11.6 Å². The molecule has 3 nitrogen and oxygen atoms in total. The molecule has 88 valence electrons. The van der Waals surface area contributed by atoms with Gasteiger partial charge in [-0.2, -0.15) is 5.10 Å². The second kappa shape index (κ2) is 4.34. The molecule has 2 aromatic rings. The Labute approximate surface area is 105 Å². The minimum atomic E-state index is 0.370. The van der Waals surface area contributed by atoms with E-state index in [1.54, 1.807) is 7.05 Å². The first-order chi connectivity index (χ1) is 8.02. The lowest BCUT2D eigenvalue weighted by atomic mass is 10.0. The van der Waals surface area contributed by atoms with Crippen molar-refractivity contribution in [2.45, 2.75) is 13.8 Å². The van der Waals surface area contributed by atoms with Crippen LogP contribution in [-0.4, -0.2) is 16.1 Å². The lowest BCUT2D eigenvalue weighted by Gasteiger charge is -2.02. The normalized spacial score (nSPS) is 10.6. The largest absolute Gasteiger partial charge is 0.298 e. The number of nitrogens with zero attached hydrogens (tertiary/aromatic N) is 2. The van der Waals surface area contributed by atoms with Crippen molar-refractivity contribution in [3.05, 3.63) is 40.0 Å². The van der Waals surface area contributed by atoms with Crippen LogP contribution >= 0.6 is 11.6 Å². The van der Waals surface area contributed by atoms with Crippen LogP contribution in [0.3, 0.4) is 0 Å². The van der Waals surface area contributed by atoms with Crippen LogP contribution in [0.15, 0.2) is 18.2 Å². The fraction of sp³-hybridized carbons (Fsp3) is 0.231. The van der Waals surface area contributed by atoms with E-state index >= 15 is 0 Å². The maximum atomic E-state index is 11.1. The Morgan fingerprint density at radius 2 is 1.82 bits per heavy atom. The zero-order chi connectivity index (χ0) is 12.6. The van der Waals surface area contributed by atoms with E-state index in [2.05, 4.69) is 11.2 Å². The number of hydrogen-bond acceptors (Lipinski definition) is 2. The Balaban J connectivity index is 2.67. The van der Waals surface area contributed by atoms with E-state index in [1.807, 2.05) is 26.0 Å². The van der Waals surface area contributed by atoms with E-state index in [9.17, 15) is 4.79 Å². The van der Waals surface area contributed by atoms with E-state index in [0.717, 1.165) is 23.0 Å². The first-order valence-corrected chi connectivity index (χ1v) is 5.67. The van der Waals surface area contributed by atoms with E-state index in [0.29, 0.717) is 16.4 Å². The molecule has 1 heterocycles. The summed E-state index contributed by atoms with van der Waals surface area (Å²) in [7, 11) is 1.72. The lowest BCUT2D eigenvalue weighted by molar-refractivity contribution is 0.112. The summed E-state index contributed by atoms with van der Waals surface area (Å²) in [5.41, 5.74) is 4.28. The van der Waals surface area contributed by atoms with Crippen LogP contribution in [0, 0.1) is 13.8 Å². The van der Waals surface area contributed by atoms with Gasteiger partial charge in [-0.3, -0.25) is 9.48 Å². The van der Waals surface area contributed by atoms with Crippen LogP contribution in [0.1, 0.15) is 21.5 Å². The molecule has 0 amide bonds. The van der Waals surface area contributed by atoms with Crippen LogP contribution in [0.25, 0.3) is 11.3 Å². The highest BCUT2D eigenvalue weighted by Crippen LogP contribution is 2.28. The molecule has 0 atom stereocenters. The van der Waals surface area contributed by atoms with Gasteiger partial charge in [-0.1, -0.05) is 28.8 Å². The summed E-state index contributed by atoms with van der Waals surface area (Å²) in [6.45, 7) is 4.03. The molecule has 2 rings (SSSR count). The van der Waals surface area contributed by atoms with Crippen molar-refractivity contribution in [1.29, 1.82) is 0 Å². The van der Waals surface area contributed by atoms with Crippen LogP contribution < -0.4 is 0 Å². The van der Waals surface area contributed by atoms with Crippen LogP contribution in [-0.2, 0) is 7.05 Å². The summed E-state index contributed by atoms with van der Waals surface area (Å²) in [4.78, 5) is 11.1. The number of aldehydes is 1. The number of rotatable bonds is 2. The Morgan fingerprint density at radius 3 is 2.35 bits per heavy atom. The Hall–Kier alpha value is -1.61. The molecule has 17 heavy (non-hydrogen) atoms. The van der Waals surface area contributed by atoms with Gasteiger partial charge in [-0.15, -0.1) is 0 Å². The molecule has 0 bridgehead atoms. The van der Waals surface area contributed by atoms with Crippen LogP contribution in [0.5, 0.6) is 0 Å². The summed E-state index contributed by atoms with van der Waals surface area (Å²) in [5, 5.41) is 4.66. The first-order valence-electron chi connectivity index (χ1n) is 5.29. The minimum absolute atomic E-state index is 0.370. The third-order valence-electron chi connectivity index (χ3n) is 2.62. The summed E-state index contributed by atoms with van der Waals surface area (Å²) in [6, 6.07) is 6.08. The molecule has 0 unspecified atom stereocenters. The van der Waals surface area contributed by atoms with Gasteiger partial charge in [0.15, 0.2) is 6.29 Å². The zero-order valence-electron chi connectivity index (χ0n) is 9.99. The second-order valence-corrected chi connectivity index (χ2v) is 4.53. The smallest absolute Gasteiger partial charge is 0.155 e. The minimum Gasteiger partial charge on any atom is -0.298 e. The van der Waals surface area contributed by atoms with Crippen molar-refractivity contribution < 1.29 is 4.79 Å². The van der Waals surface area contributed by atoms with Gasteiger partial charge in [0.25, 0.3) is 0 Å². The fourth-order valence-electron chi connectivity index (χ4n) is 1.95. The molecule has 0 saturated carbocycles. The molecule has 1 aromatic heterocycles. The van der Waals surface area contributed by atoms with Gasteiger partial charge in [0.2, 0.25) is 0 Å². The molecule has 1 aromatic carbocycles. The third kappa shape index (κ3) is 2.11. The SMILES string of the molecule is Cc1cc(C)cc(-c2nn(C)c(Cl)c2C=O)c1. The molecule has 0 spiro atoms. The van der Waals surface area contributed by atoms with E-state index in [-0.39, 0.29) is 0 Å². The molecule has 0 fully saturated rings. The Bertz CT molecular complexity index is 567. The highest BCUT2D eigenvalue weighted by molar-refractivity contribution is 6.32. The molecule has 0 aliphatic heterocycles. The van der Waals surface area contributed by atoms with Crippen molar-refractivity contribution in [1.82, 2.24) is 9.78 Å². The summed E-state index contributed by atoms with van der Waals surface area (Å²) < 4.78 is 1.51. The fourth-order valence-corrected chi connectivity index (χ4v) is 2.12. The molecular weight excluding hydrogens is 236 g/mol. The molecule has 4 heteroatoms. The molecule has 0 saturated heterocycles.